The third-order valence-corrected chi connectivity index (χ3v) is 3.13. The summed E-state index contributed by atoms with van der Waals surface area (Å²) in [7, 11) is 0. The number of hydrogen-bond acceptors (Lipinski definition) is 1. The van der Waals surface area contributed by atoms with Gasteiger partial charge in [0.2, 0.25) is 0 Å². The van der Waals surface area contributed by atoms with Crippen LogP contribution in [-0.2, 0) is 0 Å². The summed E-state index contributed by atoms with van der Waals surface area (Å²) >= 11 is 4.52. The molecule has 2 saturated carbocycles. The predicted molar refractivity (Wildman–Crippen MR) is 33.7 cm³/mol. The standard InChI is InChI=1S/C6H10S/c7-6-3-1-2-5(6)4-6/h5,7H,1-4H2. The van der Waals surface area contributed by atoms with Crippen molar-refractivity contribution in [3.63, 3.8) is 0 Å². The summed E-state index contributed by atoms with van der Waals surface area (Å²) in [5.74, 6) is 1.02. The predicted octanol–water partition coefficient (Wildman–Crippen LogP) is 1.86. The van der Waals surface area contributed by atoms with Gasteiger partial charge in [0.1, 0.15) is 0 Å². The summed E-state index contributed by atoms with van der Waals surface area (Å²) in [6.45, 7) is 0. The van der Waals surface area contributed by atoms with Crippen LogP contribution >= 0.6 is 12.6 Å². The molecule has 2 fully saturated rings. The van der Waals surface area contributed by atoms with Crippen molar-refractivity contribution in [2.24, 2.45) is 5.92 Å². The first kappa shape index (κ1) is 4.25. The molecule has 7 heavy (non-hydrogen) atoms. The van der Waals surface area contributed by atoms with Gasteiger partial charge in [-0.25, -0.2) is 0 Å². The second kappa shape index (κ2) is 1.02. The van der Waals surface area contributed by atoms with Gasteiger partial charge in [0, 0.05) is 4.75 Å². The fraction of sp³-hybridized carbons (Fsp3) is 1.00. The Hall–Kier alpha value is 0.350. The molecule has 0 aromatic carbocycles. The molecule has 40 valence electrons. The molecule has 0 radical (unpaired) electrons. The molecule has 2 aliphatic rings. The summed E-state index contributed by atoms with van der Waals surface area (Å²) in [4.78, 5) is 0. The first-order chi connectivity index (χ1) is 3.31. The molecule has 0 aromatic heterocycles. The second-order valence-corrected chi connectivity index (χ2v) is 3.79. The zero-order valence-electron chi connectivity index (χ0n) is 4.35. The summed E-state index contributed by atoms with van der Waals surface area (Å²) in [5, 5.41) is 0. The number of rotatable bonds is 0. The van der Waals surface area contributed by atoms with E-state index in [4.69, 9.17) is 0 Å². The van der Waals surface area contributed by atoms with E-state index in [1.165, 1.54) is 25.7 Å². The minimum Gasteiger partial charge on any atom is -0.172 e. The van der Waals surface area contributed by atoms with Crippen molar-refractivity contribution in [1.29, 1.82) is 0 Å². The smallest absolute Gasteiger partial charge is 0.0161 e. The van der Waals surface area contributed by atoms with Crippen molar-refractivity contribution >= 4 is 12.6 Å². The van der Waals surface area contributed by atoms with E-state index < -0.39 is 0 Å². The number of fused-ring (bicyclic) bond motifs is 1. The molecule has 0 N–H and O–H groups in total. The highest BCUT2D eigenvalue weighted by molar-refractivity contribution is 7.82. The van der Waals surface area contributed by atoms with Gasteiger partial charge in [0.15, 0.2) is 0 Å². The molecule has 0 spiro atoms. The van der Waals surface area contributed by atoms with Crippen LogP contribution in [0.3, 0.4) is 0 Å². The molecule has 0 saturated heterocycles. The van der Waals surface area contributed by atoms with Crippen LogP contribution in [-0.4, -0.2) is 4.75 Å². The van der Waals surface area contributed by atoms with E-state index in [2.05, 4.69) is 12.6 Å². The van der Waals surface area contributed by atoms with Crippen molar-refractivity contribution in [3.8, 4) is 0 Å². The van der Waals surface area contributed by atoms with E-state index in [1.807, 2.05) is 0 Å². The van der Waals surface area contributed by atoms with Crippen molar-refractivity contribution in [1.82, 2.24) is 0 Å². The lowest BCUT2D eigenvalue weighted by Crippen LogP contribution is -1.91. The number of hydrogen-bond donors (Lipinski definition) is 1. The molecule has 0 amide bonds. The van der Waals surface area contributed by atoms with Crippen LogP contribution in [0.25, 0.3) is 0 Å². The topological polar surface area (TPSA) is 0 Å². The molecular formula is C6H10S. The van der Waals surface area contributed by atoms with Gasteiger partial charge in [-0.3, -0.25) is 0 Å². The van der Waals surface area contributed by atoms with E-state index in [0.29, 0.717) is 4.75 Å². The second-order valence-electron chi connectivity index (χ2n) is 2.90. The molecule has 0 bridgehead atoms. The summed E-state index contributed by atoms with van der Waals surface area (Å²) in [5.41, 5.74) is 0. The molecule has 2 rings (SSSR count). The number of thiol groups is 1. The Kier molecular flexibility index (Phi) is 0.619. The molecule has 1 heteroatoms. The molecular weight excluding hydrogens is 104 g/mol. The Morgan fingerprint density at radius 1 is 1.57 bits per heavy atom. The highest BCUT2D eigenvalue weighted by Crippen LogP contribution is 2.60. The quantitative estimate of drug-likeness (QED) is 0.456. The summed E-state index contributed by atoms with van der Waals surface area (Å²) < 4.78 is 0.556. The maximum atomic E-state index is 4.52. The molecule has 2 aliphatic carbocycles. The first-order valence-corrected chi connectivity index (χ1v) is 3.48. The Morgan fingerprint density at radius 3 is 2.57 bits per heavy atom. The minimum atomic E-state index is 0.556. The maximum absolute atomic E-state index is 4.52. The van der Waals surface area contributed by atoms with Crippen LogP contribution in [0.2, 0.25) is 0 Å². The van der Waals surface area contributed by atoms with Crippen LogP contribution in [0.1, 0.15) is 25.7 Å². The fourth-order valence-electron chi connectivity index (χ4n) is 1.70. The van der Waals surface area contributed by atoms with Crippen LogP contribution in [0.5, 0.6) is 0 Å². The largest absolute Gasteiger partial charge is 0.172 e. The Labute approximate surface area is 49.7 Å². The van der Waals surface area contributed by atoms with Gasteiger partial charge in [-0.2, -0.15) is 12.6 Å². The van der Waals surface area contributed by atoms with E-state index >= 15 is 0 Å². The molecule has 0 aromatic rings. The van der Waals surface area contributed by atoms with Crippen LogP contribution in [0.4, 0.5) is 0 Å². The average molecular weight is 114 g/mol. The lowest BCUT2D eigenvalue weighted by molar-refractivity contribution is 0.743. The molecule has 2 atom stereocenters. The van der Waals surface area contributed by atoms with E-state index in [-0.39, 0.29) is 0 Å². The van der Waals surface area contributed by atoms with Crippen molar-refractivity contribution in [3.05, 3.63) is 0 Å². The third kappa shape index (κ3) is 0.449. The summed E-state index contributed by atoms with van der Waals surface area (Å²) in [6, 6.07) is 0. The van der Waals surface area contributed by atoms with E-state index in [0.717, 1.165) is 5.92 Å². The van der Waals surface area contributed by atoms with Gasteiger partial charge < -0.3 is 0 Å². The van der Waals surface area contributed by atoms with Crippen molar-refractivity contribution in [2.45, 2.75) is 30.4 Å². The lowest BCUT2D eigenvalue weighted by Gasteiger charge is -1.95. The van der Waals surface area contributed by atoms with Gasteiger partial charge in [0.05, 0.1) is 0 Å². The first-order valence-electron chi connectivity index (χ1n) is 3.04. The van der Waals surface area contributed by atoms with Crippen molar-refractivity contribution in [2.75, 3.05) is 0 Å². The average Bonchev–Trinajstić information content (AvgIpc) is 2.09. The monoisotopic (exact) mass is 114 g/mol. The SMILES string of the molecule is SC12CCCC1C2. The molecule has 0 heterocycles. The lowest BCUT2D eigenvalue weighted by atomic mass is 10.3. The Balaban J connectivity index is 2.17. The Bertz CT molecular complexity index is 98.4. The fourth-order valence-corrected chi connectivity index (χ4v) is 2.21. The van der Waals surface area contributed by atoms with Crippen LogP contribution in [0.15, 0.2) is 0 Å². The highest BCUT2D eigenvalue weighted by Gasteiger charge is 2.53. The van der Waals surface area contributed by atoms with Crippen LogP contribution in [0, 0.1) is 5.92 Å². The van der Waals surface area contributed by atoms with Crippen molar-refractivity contribution < 1.29 is 0 Å². The van der Waals surface area contributed by atoms with Crippen LogP contribution < -0.4 is 0 Å². The molecule has 0 aliphatic heterocycles. The summed E-state index contributed by atoms with van der Waals surface area (Å²) in [6.07, 6.45) is 5.70. The Morgan fingerprint density at radius 2 is 2.43 bits per heavy atom. The van der Waals surface area contributed by atoms with Gasteiger partial charge in [0.25, 0.3) is 0 Å². The van der Waals surface area contributed by atoms with Gasteiger partial charge in [-0.15, -0.1) is 0 Å². The third-order valence-electron chi connectivity index (χ3n) is 2.36. The highest BCUT2D eigenvalue weighted by atomic mass is 32.1. The van der Waals surface area contributed by atoms with Gasteiger partial charge in [-0.05, 0) is 25.2 Å². The van der Waals surface area contributed by atoms with E-state index in [1.54, 1.807) is 0 Å². The van der Waals surface area contributed by atoms with Gasteiger partial charge >= 0.3 is 0 Å². The molecule has 0 nitrogen and oxygen atoms in total. The molecule has 2 unspecified atom stereocenters. The minimum absolute atomic E-state index is 0.556. The zero-order valence-corrected chi connectivity index (χ0v) is 5.25. The maximum Gasteiger partial charge on any atom is 0.0161 e. The van der Waals surface area contributed by atoms with Gasteiger partial charge in [-0.1, -0.05) is 6.42 Å². The normalized spacial score (nSPS) is 57.0. The van der Waals surface area contributed by atoms with E-state index in [9.17, 15) is 0 Å². The zero-order chi connectivity index (χ0) is 4.91.